The van der Waals surface area contributed by atoms with E-state index in [4.69, 9.17) is 20.9 Å². The first-order valence-electron chi connectivity index (χ1n) is 7.09. The number of aliphatic hydroxyl groups is 2. The van der Waals surface area contributed by atoms with Crippen LogP contribution < -0.4 is 16.8 Å². The number of nitrogens with one attached hydrogen (secondary N) is 1. The fourth-order valence-corrected chi connectivity index (χ4v) is 3.88. The van der Waals surface area contributed by atoms with E-state index in [2.05, 4.69) is 19.5 Å². The van der Waals surface area contributed by atoms with Crippen molar-refractivity contribution >= 4 is 24.9 Å². The summed E-state index contributed by atoms with van der Waals surface area (Å²) in [7, 11) is -4.39. The average Bonchev–Trinajstić information content (AvgIpc) is 2.78. The fourth-order valence-electron chi connectivity index (χ4n) is 3.28. The molecule has 0 aromatic carbocycles. The number of fused-ring (bicyclic) bond motifs is 2. The van der Waals surface area contributed by atoms with Crippen LogP contribution in [0.4, 0.5) is 5.95 Å². The number of imidazole rings is 1. The minimum atomic E-state index is -4.39. The van der Waals surface area contributed by atoms with E-state index in [9.17, 15) is 19.6 Å². The Morgan fingerprint density at radius 2 is 2.20 bits per heavy atom. The van der Waals surface area contributed by atoms with Crippen molar-refractivity contribution in [2.24, 2.45) is 5.50 Å². The highest BCUT2D eigenvalue weighted by molar-refractivity contribution is 7.50. The molecule has 2 unspecified atom stereocenters. The molecule has 14 heteroatoms. The van der Waals surface area contributed by atoms with Gasteiger partial charge in [0.15, 0.2) is 23.0 Å². The minimum Gasteiger partial charge on any atom is -0.382 e. The number of aromatic nitrogens is 4. The number of ether oxygens (including phenoxy) is 1. The molecule has 13 nitrogen and oxygen atoms in total. The molecule has 2 fully saturated rings. The first-order valence-corrected chi connectivity index (χ1v) is 8.74. The molecular weight excluding hydrogens is 359 g/mol. The van der Waals surface area contributed by atoms with E-state index in [1.165, 1.54) is 17.8 Å². The minimum absolute atomic E-state index is 0.0317. The molecule has 0 spiro atoms. The van der Waals surface area contributed by atoms with Crippen LogP contribution in [0.25, 0.3) is 11.2 Å². The summed E-state index contributed by atoms with van der Waals surface area (Å²) in [6.07, 6.45) is -2.38. The van der Waals surface area contributed by atoms with E-state index in [1.807, 2.05) is 0 Å². The summed E-state index contributed by atoms with van der Waals surface area (Å²) < 4.78 is 22.7. The lowest BCUT2D eigenvalue weighted by atomic mass is 9.95. The van der Waals surface area contributed by atoms with E-state index in [1.54, 1.807) is 0 Å². The maximum Gasteiger partial charge on any atom is 0.400 e. The van der Waals surface area contributed by atoms with Crippen molar-refractivity contribution in [1.82, 2.24) is 19.5 Å². The zero-order valence-corrected chi connectivity index (χ0v) is 13.6. The van der Waals surface area contributed by atoms with Crippen molar-refractivity contribution in [3.63, 3.8) is 0 Å². The molecule has 8 N–H and O–H groups in total. The van der Waals surface area contributed by atoms with Crippen LogP contribution in [0.2, 0.25) is 0 Å². The van der Waals surface area contributed by atoms with Crippen LogP contribution in [-0.4, -0.2) is 58.0 Å². The molecule has 136 valence electrons. The molecular formula is C11H15N6O7P. The summed E-state index contributed by atoms with van der Waals surface area (Å²) in [6.45, 7) is 1.25. The second-order valence-corrected chi connectivity index (χ2v) is 7.59. The molecule has 25 heavy (non-hydrogen) atoms. The molecule has 0 radical (unpaired) electrons. The molecule has 1 saturated carbocycles. The Bertz CT molecular complexity index is 981. The van der Waals surface area contributed by atoms with Crippen LogP contribution >= 0.6 is 7.75 Å². The Morgan fingerprint density at radius 3 is 2.76 bits per heavy atom. The van der Waals surface area contributed by atoms with E-state index < -0.39 is 42.9 Å². The molecule has 2 aliphatic rings. The Morgan fingerprint density at radius 1 is 1.52 bits per heavy atom. The zero-order valence-electron chi connectivity index (χ0n) is 12.7. The van der Waals surface area contributed by atoms with E-state index >= 15 is 0 Å². The smallest absolute Gasteiger partial charge is 0.382 e. The lowest BCUT2D eigenvalue weighted by Crippen LogP contribution is -2.48. The Kier molecular flexibility index (Phi) is 3.09. The van der Waals surface area contributed by atoms with Crippen molar-refractivity contribution in [3.8, 4) is 0 Å². The van der Waals surface area contributed by atoms with Crippen LogP contribution in [0.15, 0.2) is 11.1 Å². The number of anilines is 1. The van der Waals surface area contributed by atoms with Gasteiger partial charge < -0.3 is 25.6 Å². The molecule has 2 aromatic heterocycles. The maximum atomic E-state index is 11.8. The predicted molar refractivity (Wildman–Crippen MR) is 80.9 cm³/mol. The van der Waals surface area contributed by atoms with Crippen molar-refractivity contribution < 1.29 is 28.9 Å². The predicted octanol–water partition coefficient (Wildman–Crippen LogP) is -2.46. The van der Waals surface area contributed by atoms with E-state index in [-0.39, 0.29) is 17.1 Å². The monoisotopic (exact) mass is 374 g/mol. The quantitative estimate of drug-likeness (QED) is 0.310. The van der Waals surface area contributed by atoms with Crippen LogP contribution in [0.1, 0.15) is 13.2 Å². The Hall–Kier alpha value is -1.86. The molecule has 1 saturated heterocycles. The third-order valence-electron chi connectivity index (χ3n) is 4.57. The molecule has 2 aromatic rings. The van der Waals surface area contributed by atoms with Crippen LogP contribution in [-0.2, 0) is 13.8 Å². The molecule has 1 aliphatic heterocycles. The van der Waals surface area contributed by atoms with Gasteiger partial charge >= 0.3 is 7.75 Å². The summed E-state index contributed by atoms with van der Waals surface area (Å²) in [6, 6.07) is 0. The Balaban J connectivity index is 1.74. The summed E-state index contributed by atoms with van der Waals surface area (Å²) in [5.41, 5.74) is 5.94. The van der Waals surface area contributed by atoms with Gasteiger partial charge in [-0.1, -0.05) is 0 Å². The summed E-state index contributed by atoms with van der Waals surface area (Å²) >= 11 is 0. The van der Waals surface area contributed by atoms with Gasteiger partial charge in [0.1, 0.15) is 17.8 Å². The maximum absolute atomic E-state index is 11.8. The number of nitrogen functional groups attached to an aromatic ring is 1. The van der Waals surface area contributed by atoms with Gasteiger partial charge in [-0.25, -0.2) is 15.1 Å². The average molecular weight is 374 g/mol. The molecule has 0 bridgehead atoms. The highest BCUT2D eigenvalue weighted by Gasteiger charge is 2.83. The third-order valence-corrected chi connectivity index (χ3v) is 5.10. The van der Waals surface area contributed by atoms with Gasteiger partial charge in [-0.05, 0) is 6.92 Å². The van der Waals surface area contributed by atoms with Gasteiger partial charge in [0.25, 0.3) is 5.56 Å². The topological polar surface area (TPSA) is 212 Å². The zero-order chi connectivity index (χ0) is 18.4. The van der Waals surface area contributed by atoms with Crippen LogP contribution in [0, 0.1) is 0 Å². The number of nitrogens with two attached hydrogens (primary N) is 2. The molecule has 1 aliphatic carbocycles. The van der Waals surface area contributed by atoms with Gasteiger partial charge in [0.05, 0.1) is 6.33 Å². The second-order valence-electron chi connectivity index (χ2n) is 6.25. The van der Waals surface area contributed by atoms with Crippen molar-refractivity contribution in [2.75, 3.05) is 5.73 Å². The number of rotatable bonds is 3. The van der Waals surface area contributed by atoms with Crippen molar-refractivity contribution in [3.05, 3.63) is 16.7 Å². The second kappa shape index (κ2) is 4.65. The Labute approximate surface area is 138 Å². The van der Waals surface area contributed by atoms with Gasteiger partial charge in [-0.2, -0.15) is 4.98 Å². The van der Waals surface area contributed by atoms with Gasteiger partial charge in [-0.15, -0.1) is 0 Å². The standard InChI is InChI=1S/C11H15N6O7P/c1-10(19)8(23-4-5(11(4,10)20)24-25(13,21)22)17-2-14-3-6(17)15-9(12)16-7(3)18/h2,4-5,8,19-20H,1H3,(H3,13,21,22)(H3,12,15,16,18)/t4-,5?,8-,10+,11+/m1/s1. The molecule has 0 amide bonds. The normalized spacial score (nSPS) is 39.3. The summed E-state index contributed by atoms with van der Waals surface area (Å²) in [5.74, 6) is -0.161. The molecule has 4 rings (SSSR count). The molecule has 6 atom stereocenters. The lowest BCUT2D eigenvalue weighted by Gasteiger charge is -2.33. The highest BCUT2D eigenvalue weighted by atomic mass is 31.2. The van der Waals surface area contributed by atoms with E-state index in [0.29, 0.717) is 0 Å². The van der Waals surface area contributed by atoms with Crippen molar-refractivity contribution in [2.45, 2.75) is 36.6 Å². The van der Waals surface area contributed by atoms with Gasteiger partial charge in [0, 0.05) is 0 Å². The highest BCUT2D eigenvalue weighted by Crippen LogP contribution is 2.63. The largest absolute Gasteiger partial charge is 0.400 e. The SMILES string of the molecule is C[C@]1(O)[C@H](n2cnc3c(=O)[nH]c(N)nc32)O[C@@H]2C(OP(N)(=O)O)[C@@]21O. The summed E-state index contributed by atoms with van der Waals surface area (Å²) in [5, 5.41) is 21.4. The lowest BCUT2D eigenvalue weighted by molar-refractivity contribution is -0.154. The van der Waals surface area contributed by atoms with E-state index in [0.717, 1.165) is 0 Å². The molecule has 3 heterocycles. The first-order chi connectivity index (χ1) is 11.5. The number of hydrogen-bond donors (Lipinski definition) is 6. The fraction of sp³-hybridized carbons (Fsp3) is 0.545. The first kappa shape index (κ1) is 16.6. The number of nitrogens with zero attached hydrogens (tertiary/aromatic N) is 3. The number of H-pyrrole nitrogens is 1. The third kappa shape index (κ3) is 2.12. The van der Waals surface area contributed by atoms with Crippen molar-refractivity contribution in [1.29, 1.82) is 0 Å². The van der Waals surface area contributed by atoms with Gasteiger partial charge in [-0.3, -0.25) is 18.9 Å². The summed E-state index contributed by atoms with van der Waals surface area (Å²) in [4.78, 5) is 31.1. The van der Waals surface area contributed by atoms with Gasteiger partial charge in [0.2, 0.25) is 5.95 Å². The van der Waals surface area contributed by atoms with Crippen LogP contribution in [0.3, 0.4) is 0 Å². The van der Waals surface area contributed by atoms with Crippen LogP contribution in [0.5, 0.6) is 0 Å². The number of aromatic amines is 1. The number of hydrogen-bond acceptors (Lipinski definition) is 9.